The number of likely N-dealkylation sites (tertiary alicyclic amines) is 1. The third-order valence-electron chi connectivity index (χ3n) is 6.36. The van der Waals surface area contributed by atoms with E-state index < -0.39 is 0 Å². The predicted molar refractivity (Wildman–Crippen MR) is 131 cm³/mol. The van der Waals surface area contributed by atoms with Gasteiger partial charge in [-0.1, -0.05) is 47.5 Å². The van der Waals surface area contributed by atoms with Gasteiger partial charge in [0.25, 0.3) is 0 Å². The molecule has 2 aromatic carbocycles. The van der Waals surface area contributed by atoms with Crippen molar-refractivity contribution < 1.29 is 9.53 Å². The van der Waals surface area contributed by atoms with Crippen molar-refractivity contribution in [3.8, 4) is 5.75 Å². The number of benzene rings is 2. The number of aliphatic imine (C=N–C) groups is 1. The van der Waals surface area contributed by atoms with E-state index in [9.17, 15) is 4.79 Å². The molecule has 1 spiro atoms. The standard InChI is InChI=1S/C25H27Cl2N3O2/c1-17(16-31)24(28-18(2)29(3)21-9-6-8-20(26)23(21)27)30-13-11-25(12-14-30)15-19-7-4-5-10-22(19)32-25/h4-10,16H,11-15H2,1-3H3/b24-17+,28-18?. The van der Waals surface area contributed by atoms with E-state index in [1.165, 1.54) is 5.56 Å². The van der Waals surface area contributed by atoms with Crippen LogP contribution in [-0.2, 0) is 11.2 Å². The molecular weight excluding hydrogens is 445 g/mol. The van der Waals surface area contributed by atoms with Crippen molar-refractivity contribution in [3.05, 3.63) is 69.5 Å². The van der Waals surface area contributed by atoms with E-state index in [1.54, 1.807) is 13.0 Å². The Morgan fingerprint density at radius 2 is 1.84 bits per heavy atom. The minimum absolute atomic E-state index is 0.162. The second kappa shape index (κ2) is 9.16. The molecule has 0 bridgehead atoms. The van der Waals surface area contributed by atoms with Crippen LogP contribution in [-0.4, -0.2) is 42.8 Å². The second-order valence-electron chi connectivity index (χ2n) is 8.47. The summed E-state index contributed by atoms with van der Waals surface area (Å²) >= 11 is 12.6. The van der Waals surface area contributed by atoms with Crippen LogP contribution in [0.3, 0.4) is 0 Å². The van der Waals surface area contributed by atoms with Crippen LogP contribution in [0.4, 0.5) is 5.69 Å². The fraction of sp³-hybridized carbons (Fsp3) is 0.360. The number of halogens is 2. The van der Waals surface area contributed by atoms with Crippen LogP contribution in [0.1, 0.15) is 32.3 Å². The zero-order chi connectivity index (χ0) is 22.9. The van der Waals surface area contributed by atoms with Gasteiger partial charge in [-0.15, -0.1) is 0 Å². The number of ether oxygens (including phenoxy) is 1. The SMILES string of the molecule is CC(=N/C(=C(/C)C=O)N1CCC2(CC1)Cc1ccccc1O2)N(C)c1cccc(Cl)c1Cl. The Balaban J connectivity index is 1.53. The molecule has 4 rings (SSSR count). The van der Waals surface area contributed by atoms with Crippen LogP contribution in [0.25, 0.3) is 0 Å². The summed E-state index contributed by atoms with van der Waals surface area (Å²) in [7, 11) is 1.89. The molecule has 5 nitrogen and oxygen atoms in total. The Hall–Kier alpha value is -2.50. The molecule has 0 N–H and O–H groups in total. The van der Waals surface area contributed by atoms with Crippen molar-refractivity contribution in [1.82, 2.24) is 4.90 Å². The van der Waals surface area contributed by atoms with E-state index in [0.29, 0.717) is 21.4 Å². The van der Waals surface area contributed by atoms with Crippen LogP contribution in [0.15, 0.2) is 58.9 Å². The minimum Gasteiger partial charge on any atom is -0.487 e. The Morgan fingerprint density at radius 3 is 2.53 bits per heavy atom. The summed E-state index contributed by atoms with van der Waals surface area (Å²) in [6.45, 7) is 5.25. The molecule has 2 heterocycles. The summed E-state index contributed by atoms with van der Waals surface area (Å²) < 4.78 is 6.37. The first-order valence-corrected chi connectivity index (χ1v) is 11.5. The van der Waals surface area contributed by atoms with Crippen molar-refractivity contribution in [3.63, 3.8) is 0 Å². The van der Waals surface area contributed by atoms with E-state index >= 15 is 0 Å². The third-order valence-corrected chi connectivity index (χ3v) is 7.17. The van der Waals surface area contributed by atoms with Gasteiger partial charge in [0, 0.05) is 45.0 Å². The van der Waals surface area contributed by atoms with Crippen LogP contribution < -0.4 is 9.64 Å². The summed E-state index contributed by atoms with van der Waals surface area (Å²) in [5.74, 6) is 2.40. The van der Waals surface area contributed by atoms with E-state index in [-0.39, 0.29) is 5.60 Å². The number of carbonyl (C=O) groups excluding carboxylic acids is 1. The monoisotopic (exact) mass is 471 g/mol. The lowest BCUT2D eigenvalue weighted by Gasteiger charge is -2.40. The summed E-state index contributed by atoms with van der Waals surface area (Å²) in [5.41, 5.74) is 2.47. The first kappa shape index (κ1) is 22.7. The maximum atomic E-state index is 11.7. The Morgan fingerprint density at radius 1 is 1.12 bits per heavy atom. The predicted octanol–water partition coefficient (Wildman–Crippen LogP) is 5.75. The minimum atomic E-state index is -0.162. The van der Waals surface area contributed by atoms with E-state index in [0.717, 1.165) is 55.9 Å². The van der Waals surface area contributed by atoms with Gasteiger partial charge in [-0.25, -0.2) is 4.99 Å². The number of hydrogen-bond acceptors (Lipinski definition) is 4. The molecule has 0 amide bonds. The molecule has 1 fully saturated rings. The molecule has 2 aliphatic rings. The average Bonchev–Trinajstić information content (AvgIpc) is 3.16. The number of piperidine rings is 1. The molecule has 1 saturated heterocycles. The highest BCUT2D eigenvalue weighted by Crippen LogP contribution is 2.41. The fourth-order valence-electron chi connectivity index (χ4n) is 4.39. The van der Waals surface area contributed by atoms with Gasteiger partial charge in [-0.3, -0.25) is 4.79 Å². The molecule has 32 heavy (non-hydrogen) atoms. The molecule has 0 radical (unpaired) electrons. The fourth-order valence-corrected chi connectivity index (χ4v) is 4.81. The lowest BCUT2D eigenvalue weighted by Crippen LogP contribution is -2.47. The number of anilines is 1. The highest BCUT2D eigenvalue weighted by molar-refractivity contribution is 6.44. The molecular formula is C25H27Cl2N3O2. The van der Waals surface area contributed by atoms with E-state index in [1.807, 2.05) is 43.1 Å². The highest BCUT2D eigenvalue weighted by Gasteiger charge is 2.42. The summed E-state index contributed by atoms with van der Waals surface area (Å²) in [6.07, 6.45) is 3.55. The quantitative estimate of drug-likeness (QED) is 0.246. The number of amidine groups is 1. The topological polar surface area (TPSA) is 45.1 Å². The van der Waals surface area contributed by atoms with Crippen molar-refractivity contribution in [2.24, 2.45) is 4.99 Å². The Labute approximate surface area is 199 Å². The number of aldehydes is 1. The van der Waals surface area contributed by atoms with Crippen molar-refractivity contribution in [2.75, 3.05) is 25.0 Å². The largest absolute Gasteiger partial charge is 0.487 e. The molecule has 0 saturated carbocycles. The van der Waals surface area contributed by atoms with Crippen LogP contribution in [0.5, 0.6) is 5.75 Å². The second-order valence-corrected chi connectivity index (χ2v) is 9.26. The molecule has 0 unspecified atom stereocenters. The van der Waals surface area contributed by atoms with Crippen LogP contribution in [0, 0.1) is 0 Å². The first-order chi connectivity index (χ1) is 15.3. The number of hydrogen-bond donors (Lipinski definition) is 0. The van der Waals surface area contributed by atoms with Crippen molar-refractivity contribution >= 4 is 41.0 Å². The molecule has 0 aliphatic carbocycles. The summed E-state index contributed by atoms with van der Waals surface area (Å²) in [6, 6.07) is 13.8. The molecule has 2 aliphatic heterocycles. The van der Waals surface area contributed by atoms with Crippen LogP contribution >= 0.6 is 23.2 Å². The Kier molecular flexibility index (Phi) is 6.50. The van der Waals surface area contributed by atoms with Crippen molar-refractivity contribution in [2.45, 2.75) is 38.7 Å². The summed E-state index contributed by atoms with van der Waals surface area (Å²) in [5, 5.41) is 0.962. The molecule has 7 heteroatoms. The van der Waals surface area contributed by atoms with Gasteiger partial charge in [0.2, 0.25) is 0 Å². The van der Waals surface area contributed by atoms with E-state index in [2.05, 4.69) is 17.0 Å². The van der Waals surface area contributed by atoms with Gasteiger partial charge in [-0.05, 0) is 37.6 Å². The van der Waals surface area contributed by atoms with E-state index in [4.69, 9.17) is 32.9 Å². The molecule has 2 aromatic rings. The van der Waals surface area contributed by atoms with Gasteiger partial charge >= 0.3 is 0 Å². The normalized spacial score (nSPS) is 18.2. The summed E-state index contributed by atoms with van der Waals surface area (Å²) in [4.78, 5) is 20.6. The van der Waals surface area contributed by atoms with Crippen molar-refractivity contribution in [1.29, 1.82) is 0 Å². The molecule has 168 valence electrons. The number of carbonyl (C=O) groups is 1. The Bertz CT molecular complexity index is 1060. The number of nitrogens with zero attached hydrogens (tertiary/aromatic N) is 3. The number of para-hydroxylation sites is 1. The van der Waals surface area contributed by atoms with Gasteiger partial charge in [0.1, 0.15) is 29.3 Å². The van der Waals surface area contributed by atoms with Gasteiger partial charge in [0.15, 0.2) is 0 Å². The average molecular weight is 472 g/mol. The molecule has 0 atom stereocenters. The number of rotatable bonds is 4. The number of allylic oxidation sites excluding steroid dienone is 1. The first-order valence-electron chi connectivity index (χ1n) is 10.7. The maximum absolute atomic E-state index is 11.7. The van der Waals surface area contributed by atoms with Crippen LogP contribution in [0.2, 0.25) is 10.0 Å². The third kappa shape index (κ3) is 4.37. The lowest BCUT2D eigenvalue weighted by atomic mass is 9.87. The highest BCUT2D eigenvalue weighted by atomic mass is 35.5. The number of fused-ring (bicyclic) bond motifs is 1. The lowest BCUT2D eigenvalue weighted by molar-refractivity contribution is -0.105. The zero-order valence-electron chi connectivity index (χ0n) is 18.6. The van der Waals surface area contributed by atoms with Gasteiger partial charge < -0.3 is 14.5 Å². The van der Waals surface area contributed by atoms with Gasteiger partial charge in [0.05, 0.1) is 15.7 Å². The zero-order valence-corrected chi connectivity index (χ0v) is 20.1. The van der Waals surface area contributed by atoms with Gasteiger partial charge in [-0.2, -0.15) is 0 Å². The smallest absolute Gasteiger partial charge is 0.149 e. The molecule has 0 aromatic heterocycles. The maximum Gasteiger partial charge on any atom is 0.149 e.